The number of carbonyl (C=O) groups is 1. The van der Waals surface area contributed by atoms with Gasteiger partial charge in [0.25, 0.3) is 0 Å². The van der Waals surface area contributed by atoms with Crippen molar-refractivity contribution in [2.24, 2.45) is 5.73 Å². The quantitative estimate of drug-likeness (QED) is 0.854. The standard InChI is InChI=1S/C12H14FNO2.ClH/c1-7-2-8(4-9(13)3-7)12(11(15)16)5-10(14)6-12;/h2-4,10H,5-6,14H2,1H3,(H,15,16);1H. The third-order valence-electron chi connectivity index (χ3n) is 3.23. The molecule has 0 aromatic heterocycles. The number of carboxylic acids is 1. The highest BCUT2D eigenvalue weighted by Gasteiger charge is 2.50. The van der Waals surface area contributed by atoms with Crippen molar-refractivity contribution in [3.8, 4) is 0 Å². The number of hydrogen-bond acceptors (Lipinski definition) is 2. The molecule has 1 aromatic rings. The molecule has 1 aliphatic carbocycles. The topological polar surface area (TPSA) is 63.3 Å². The summed E-state index contributed by atoms with van der Waals surface area (Å²) in [5.41, 5.74) is 5.93. The largest absolute Gasteiger partial charge is 0.481 e. The molecular formula is C12H15ClFNO2. The van der Waals surface area contributed by atoms with Gasteiger partial charge in [-0.1, -0.05) is 6.07 Å². The highest BCUT2D eigenvalue weighted by molar-refractivity contribution is 5.85. The maximum absolute atomic E-state index is 13.3. The number of halogens is 2. The van der Waals surface area contributed by atoms with Gasteiger partial charge in [0.2, 0.25) is 0 Å². The van der Waals surface area contributed by atoms with Crippen molar-refractivity contribution in [3.05, 3.63) is 35.1 Å². The van der Waals surface area contributed by atoms with Crippen molar-refractivity contribution in [1.82, 2.24) is 0 Å². The number of hydrogen-bond donors (Lipinski definition) is 2. The minimum atomic E-state index is -0.980. The van der Waals surface area contributed by atoms with Crippen LogP contribution in [0.15, 0.2) is 18.2 Å². The first-order valence-electron chi connectivity index (χ1n) is 5.21. The molecule has 3 nitrogen and oxygen atoms in total. The van der Waals surface area contributed by atoms with E-state index in [1.54, 1.807) is 13.0 Å². The summed E-state index contributed by atoms with van der Waals surface area (Å²) in [5, 5.41) is 9.26. The number of rotatable bonds is 2. The fourth-order valence-electron chi connectivity index (χ4n) is 2.38. The Hall–Kier alpha value is -1.13. The first-order valence-corrected chi connectivity index (χ1v) is 5.21. The predicted molar refractivity (Wildman–Crippen MR) is 64.9 cm³/mol. The van der Waals surface area contributed by atoms with Crippen LogP contribution >= 0.6 is 12.4 Å². The van der Waals surface area contributed by atoms with Gasteiger partial charge in [-0.2, -0.15) is 0 Å². The third kappa shape index (κ3) is 2.28. The van der Waals surface area contributed by atoms with E-state index >= 15 is 0 Å². The predicted octanol–water partition coefficient (Wildman–Crippen LogP) is 2.00. The molecule has 0 unspecified atom stereocenters. The Morgan fingerprint density at radius 3 is 2.47 bits per heavy atom. The van der Waals surface area contributed by atoms with E-state index in [0.29, 0.717) is 18.4 Å². The van der Waals surface area contributed by atoms with Crippen LogP contribution in [-0.4, -0.2) is 17.1 Å². The molecule has 17 heavy (non-hydrogen) atoms. The van der Waals surface area contributed by atoms with E-state index in [9.17, 15) is 14.3 Å². The molecule has 5 heteroatoms. The Labute approximate surface area is 105 Å². The fourth-order valence-corrected chi connectivity index (χ4v) is 2.38. The molecule has 0 heterocycles. The summed E-state index contributed by atoms with van der Waals surface area (Å²) in [6.07, 6.45) is 0.760. The van der Waals surface area contributed by atoms with Crippen LogP contribution < -0.4 is 5.73 Å². The van der Waals surface area contributed by atoms with E-state index in [1.807, 2.05) is 0 Å². The van der Waals surface area contributed by atoms with Crippen LogP contribution in [0, 0.1) is 12.7 Å². The molecule has 0 saturated heterocycles. The lowest BCUT2D eigenvalue weighted by Crippen LogP contribution is -2.54. The Morgan fingerprint density at radius 2 is 2.06 bits per heavy atom. The first-order chi connectivity index (χ1) is 7.44. The summed E-state index contributed by atoms with van der Waals surface area (Å²) < 4.78 is 13.3. The molecule has 1 aromatic carbocycles. The summed E-state index contributed by atoms with van der Waals surface area (Å²) in [6, 6.07) is 4.31. The van der Waals surface area contributed by atoms with Gasteiger partial charge in [0.15, 0.2) is 0 Å². The number of carboxylic acid groups (broad SMARTS) is 1. The zero-order valence-electron chi connectivity index (χ0n) is 9.44. The maximum Gasteiger partial charge on any atom is 0.314 e. The molecule has 1 saturated carbocycles. The monoisotopic (exact) mass is 259 g/mol. The zero-order valence-corrected chi connectivity index (χ0v) is 10.3. The van der Waals surface area contributed by atoms with Gasteiger partial charge in [0, 0.05) is 6.04 Å². The number of nitrogens with two attached hydrogens (primary N) is 1. The van der Waals surface area contributed by atoms with Crippen molar-refractivity contribution in [1.29, 1.82) is 0 Å². The molecule has 0 radical (unpaired) electrons. The van der Waals surface area contributed by atoms with Crippen LogP contribution in [0.1, 0.15) is 24.0 Å². The molecule has 3 N–H and O–H groups in total. The Balaban J connectivity index is 0.00000144. The minimum Gasteiger partial charge on any atom is -0.481 e. The summed E-state index contributed by atoms with van der Waals surface area (Å²) >= 11 is 0. The molecule has 1 aliphatic rings. The molecular weight excluding hydrogens is 245 g/mol. The molecule has 0 bridgehead atoms. The van der Waals surface area contributed by atoms with E-state index in [-0.39, 0.29) is 18.4 Å². The van der Waals surface area contributed by atoms with Gasteiger partial charge in [-0.3, -0.25) is 4.79 Å². The van der Waals surface area contributed by atoms with Crippen LogP contribution in [0.25, 0.3) is 0 Å². The Bertz CT molecular complexity index is 424. The summed E-state index contributed by atoms with van der Waals surface area (Å²) in [6.45, 7) is 1.75. The fraction of sp³-hybridized carbons (Fsp3) is 0.417. The zero-order chi connectivity index (χ0) is 11.9. The molecule has 0 spiro atoms. The minimum absolute atomic E-state index is 0. The maximum atomic E-state index is 13.3. The average Bonchev–Trinajstić information content (AvgIpc) is 2.10. The van der Waals surface area contributed by atoms with Crippen LogP contribution in [0.2, 0.25) is 0 Å². The molecule has 0 amide bonds. The van der Waals surface area contributed by atoms with E-state index in [2.05, 4.69) is 0 Å². The van der Waals surface area contributed by atoms with Crippen molar-refractivity contribution >= 4 is 18.4 Å². The number of aliphatic carboxylic acids is 1. The Morgan fingerprint density at radius 1 is 1.47 bits per heavy atom. The van der Waals surface area contributed by atoms with Crippen molar-refractivity contribution < 1.29 is 14.3 Å². The Kier molecular flexibility index (Phi) is 3.79. The molecule has 0 aliphatic heterocycles. The van der Waals surface area contributed by atoms with Crippen molar-refractivity contribution in [3.63, 3.8) is 0 Å². The second kappa shape index (κ2) is 4.63. The number of benzene rings is 1. The van der Waals surface area contributed by atoms with Gasteiger partial charge in [-0.15, -0.1) is 12.4 Å². The van der Waals surface area contributed by atoms with Gasteiger partial charge < -0.3 is 10.8 Å². The van der Waals surface area contributed by atoms with Gasteiger partial charge in [-0.25, -0.2) is 4.39 Å². The van der Waals surface area contributed by atoms with E-state index in [1.165, 1.54) is 12.1 Å². The molecule has 0 atom stereocenters. The first kappa shape index (κ1) is 13.9. The van der Waals surface area contributed by atoms with Gasteiger partial charge in [0.1, 0.15) is 5.82 Å². The van der Waals surface area contributed by atoms with Crippen LogP contribution in [-0.2, 0) is 10.2 Å². The highest BCUT2D eigenvalue weighted by Crippen LogP contribution is 2.43. The average molecular weight is 260 g/mol. The van der Waals surface area contributed by atoms with Gasteiger partial charge >= 0.3 is 5.97 Å². The van der Waals surface area contributed by atoms with Gasteiger partial charge in [0.05, 0.1) is 5.41 Å². The van der Waals surface area contributed by atoms with Gasteiger partial charge in [-0.05, 0) is 43.0 Å². The van der Waals surface area contributed by atoms with E-state index in [4.69, 9.17) is 5.73 Å². The molecule has 2 rings (SSSR count). The summed E-state index contributed by atoms with van der Waals surface area (Å²) in [4.78, 5) is 11.3. The van der Waals surface area contributed by atoms with Crippen LogP contribution in [0.5, 0.6) is 0 Å². The molecule has 94 valence electrons. The summed E-state index contributed by atoms with van der Waals surface area (Å²) in [7, 11) is 0. The lowest BCUT2D eigenvalue weighted by molar-refractivity contribution is -0.148. The lowest BCUT2D eigenvalue weighted by atomic mass is 9.61. The number of aryl methyl sites for hydroxylation is 1. The SMILES string of the molecule is Cc1cc(F)cc(C2(C(=O)O)CC(N)C2)c1.Cl. The van der Waals surface area contributed by atoms with E-state index in [0.717, 1.165) is 5.56 Å². The van der Waals surface area contributed by atoms with Crippen LogP contribution in [0.3, 0.4) is 0 Å². The second-order valence-electron chi connectivity index (χ2n) is 4.57. The van der Waals surface area contributed by atoms with Crippen molar-refractivity contribution in [2.45, 2.75) is 31.2 Å². The second-order valence-corrected chi connectivity index (χ2v) is 4.57. The lowest BCUT2D eigenvalue weighted by Gasteiger charge is -2.43. The third-order valence-corrected chi connectivity index (χ3v) is 3.23. The highest BCUT2D eigenvalue weighted by atomic mass is 35.5. The smallest absolute Gasteiger partial charge is 0.314 e. The summed E-state index contributed by atoms with van der Waals surface area (Å²) in [5.74, 6) is -1.31. The van der Waals surface area contributed by atoms with E-state index < -0.39 is 17.2 Å². The molecule has 1 fully saturated rings. The normalized spacial score (nSPS) is 26.9. The van der Waals surface area contributed by atoms with Crippen LogP contribution in [0.4, 0.5) is 4.39 Å². The van der Waals surface area contributed by atoms with Crippen molar-refractivity contribution in [2.75, 3.05) is 0 Å².